The lowest BCUT2D eigenvalue weighted by Gasteiger charge is -2.15. The zero-order chi connectivity index (χ0) is 21.5. The summed E-state index contributed by atoms with van der Waals surface area (Å²) in [4.78, 5) is 12.1. The first-order valence-corrected chi connectivity index (χ1v) is 11.1. The van der Waals surface area contributed by atoms with Crippen molar-refractivity contribution in [2.24, 2.45) is 7.05 Å². The van der Waals surface area contributed by atoms with E-state index in [2.05, 4.69) is 15.5 Å². The van der Waals surface area contributed by atoms with Crippen molar-refractivity contribution in [2.75, 3.05) is 12.3 Å². The molecule has 0 saturated carbocycles. The zero-order valence-electron chi connectivity index (χ0n) is 16.6. The predicted molar refractivity (Wildman–Crippen MR) is 120 cm³/mol. The summed E-state index contributed by atoms with van der Waals surface area (Å²) in [6, 6.07) is 15.1. The van der Waals surface area contributed by atoms with Gasteiger partial charge in [0.15, 0.2) is 17.1 Å². The molecule has 0 aliphatic heterocycles. The molecular weight excluding hydrogens is 443 g/mol. The number of nitrogens with zero attached hydrogens (tertiary/aromatic N) is 3. The summed E-state index contributed by atoms with van der Waals surface area (Å²) in [6.07, 6.45) is 0.420. The minimum Gasteiger partial charge on any atom is -0.481 e. The topological polar surface area (TPSA) is 69.0 Å². The van der Waals surface area contributed by atoms with Crippen molar-refractivity contribution in [1.82, 2.24) is 20.1 Å². The number of rotatable bonds is 9. The van der Waals surface area contributed by atoms with Crippen LogP contribution in [0.2, 0.25) is 10.0 Å². The Bertz CT molecular complexity index is 998. The Morgan fingerprint density at radius 3 is 2.70 bits per heavy atom. The first-order valence-electron chi connectivity index (χ1n) is 9.38. The number of hydrogen-bond donors (Lipinski definition) is 1. The van der Waals surface area contributed by atoms with E-state index in [9.17, 15) is 4.79 Å². The fourth-order valence-electron chi connectivity index (χ4n) is 2.79. The number of amides is 1. The molecule has 0 aliphatic rings. The van der Waals surface area contributed by atoms with E-state index >= 15 is 0 Å². The number of carbonyl (C=O) groups excluding carboxylic acids is 1. The number of aromatic nitrogens is 3. The number of hydrogen-bond acceptors (Lipinski definition) is 5. The van der Waals surface area contributed by atoms with Gasteiger partial charge in [0.25, 0.3) is 0 Å². The second-order valence-corrected chi connectivity index (χ2v) is 8.39. The Kier molecular flexibility index (Phi) is 8.01. The van der Waals surface area contributed by atoms with Crippen molar-refractivity contribution in [2.45, 2.75) is 24.6 Å². The van der Waals surface area contributed by atoms with Crippen LogP contribution in [0, 0.1) is 0 Å². The number of benzene rings is 2. The smallest absolute Gasteiger partial charge is 0.230 e. The van der Waals surface area contributed by atoms with Crippen LogP contribution in [0.4, 0.5) is 0 Å². The summed E-state index contributed by atoms with van der Waals surface area (Å²) in [5.74, 6) is 1.37. The van der Waals surface area contributed by atoms with Crippen LogP contribution in [0.3, 0.4) is 0 Å². The Balaban J connectivity index is 1.50. The Morgan fingerprint density at radius 2 is 1.97 bits per heavy atom. The second kappa shape index (κ2) is 10.7. The van der Waals surface area contributed by atoms with E-state index in [0.29, 0.717) is 33.3 Å². The summed E-state index contributed by atoms with van der Waals surface area (Å²) in [7, 11) is 1.84. The molecule has 1 amide bonds. The maximum atomic E-state index is 12.1. The zero-order valence-corrected chi connectivity index (χ0v) is 19.0. The average Bonchev–Trinajstić information content (AvgIpc) is 3.10. The lowest BCUT2D eigenvalue weighted by Crippen LogP contribution is -2.27. The molecule has 0 fully saturated rings. The molecular formula is C21H22Cl2N4O2S. The SMILES string of the molecule is CC(Oc1ccc(Cl)cc1Cl)c1nnc(SCC(=O)NCCc2ccccc2)n1C. The van der Waals surface area contributed by atoms with Crippen molar-refractivity contribution in [3.63, 3.8) is 0 Å². The maximum absolute atomic E-state index is 12.1. The first kappa shape index (κ1) is 22.5. The van der Waals surface area contributed by atoms with Gasteiger partial charge in [-0.1, -0.05) is 65.3 Å². The number of thioether (sulfide) groups is 1. The maximum Gasteiger partial charge on any atom is 0.230 e. The van der Waals surface area contributed by atoms with E-state index < -0.39 is 0 Å². The molecule has 1 N–H and O–H groups in total. The van der Waals surface area contributed by atoms with Crippen molar-refractivity contribution in [1.29, 1.82) is 0 Å². The fourth-order valence-corrected chi connectivity index (χ4v) is 3.99. The Morgan fingerprint density at radius 1 is 1.20 bits per heavy atom. The van der Waals surface area contributed by atoms with Gasteiger partial charge >= 0.3 is 0 Å². The van der Waals surface area contributed by atoms with Crippen LogP contribution in [0.15, 0.2) is 53.7 Å². The molecule has 1 unspecified atom stereocenters. The monoisotopic (exact) mass is 464 g/mol. The molecule has 0 aliphatic carbocycles. The molecule has 6 nitrogen and oxygen atoms in total. The highest BCUT2D eigenvalue weighted by Gasteiger charge is 2.19. The van der Waals surface area contributed by atoms with Gasteiger partial charge in [0.1, 0.15) is 5.75 Å². The molecule has 1 atom stereocenters. The van der Waals surface area contributed by atoms with Crippen LogP contribution in [-0.4, -0.2) is 33.0 Å². The molecule has 0 radical (unpaired) electrons. The highest BCUT2D eigenvalue weighted by Crippen LogP contribution is 2.31. The van der Waals surface area contributed by atoms with E-state index in [1.54, 1.807) is 18.2 Å². The molecule has 0 bridgehead atoms. The van der Waals surface area contributed by atoms with Crippen LogP contribution in [0.25, 0.3) is 0 Å². The van der Waals surface area contributed by atoms with E-state index in [0.717, 1.165) is 6.42 Å². The third-order valence-corrected chi connectivity index (χ3v) is 5.89. The van der Waals surface area contributed by atoms with Crippen molar-refractivity contribution >= 4 is 40.9 Å². The van der Waals surface area contributed by atoms with Gasteiger partial charge in [0.2, 0.25) is 5.91 Å². The summed E-state index contributed by atoms with van der Waals surface area (Å²) < 4.78 is 7.71. The molecule has 9 heteroatoms. The number of halogens is 2. The van der Waals surface area contributed by atoms with E-state index in [1.165, 1.54) is 17.3 Å². The van der Waals surface area contributed by atoms with Crippen LogP contribution >= 0.6 is 35.0 Å². The van der Waals surface area contributed by atoms with Crippen LogP contribution in [0.1, 0.15) is 24.4 Å². The van der Waals surface area contributed by atoms with Gasteiger partial charge in [-0.3, -0.25) is 4.79 Å². The molecule has 3 aromatic rings. The second-order valence-electron chi connectivity index (χ2n) is 6.61. The van der Waals surface area contributed by atoms with Crippen LogP contribution < -0.4 is 10.1 Å². The van der Waals surface area contributed by atoms with Gasteiger partial charge in [-0.25, -0.2) is 0 Å². The number of nitrogens with one attached hydrogen (secondary N) is 1. The lowest BCUT2D eigenvalue weighted by atomic mass is 10.1. The molecule has 2 aromatic carbocycles. The van der Waals surface area contributed by atoms with E-state index in [4.69, 9.17) is 27.9 Å². The summed E-state index contributed by atoms with van der Waals surface area (Å²) in [5.41, 5.74) is 1.19. The summed E-state index contributed by atoms with van der Waals surface area (Å²) in [5, 5.41) is 12.9. The van der Waals surface area contributed by atoms with Crippen LogP contribution in [0.5, 0.6) is 5.75 Å². The number of ether oxygens (including phenoxy) is 1. The molecule has 3 rings (SSSR count). The minimum absolute atomic E-state index is 0.0438. The first-order chi connectivity index (χ1) is 14.4. The predicted octanol–water partition coefficient (Wildman–Crippen LogP) is 4.71. The summed E-state index contributed by atoms with van der Waals surface area (Å²) >= 11 is 13.4. The third kappa shape index (κ3) is 6.14. The largest absolute Gasteiger partial charge is 0.481 e. The Hall–Kier alpha value is -2.22. The van der Waals surface area contributed by atoms with Gasteiger partial charge in [-0.2, -0.15) is 0 Å². The highest BCUT2D eigenvalue weighted by molar-refractivity contribution is 7.99. The minimum atomic E-state index is -0.379. The standard InChI is InChI=1S/C21H22Cl2N4O2S/c1-14(29-18-9-8-16(22)12-17(18)23)20-25-26-21(27(20)2)30-13-19(28)24-11-10-15-6-4-3-5-7-15/h3-9,12,14H,10-11,13H2,1-2H3,(H,24,28). The highest BCUT2D eigenvalue weighted by atomic mass is 35.5. The Labute approximate surface area is 189 Å². The van der Waals surface area contributed by atoms with Crippen molar-refractivity contribution in [3.05, 3.63) is 70.0 Å². The van der Waals surface area contributed by atoms with Gasteiger partial charge in [0, 0.05) is 18.6 Å². The van der Waals surface area contributed by atoms with Gasteiger partial charge < -0.3 is 14.6 Å². The molecule has 0 saturated heterocycles. The van der Waals surface area contributed by atoms with E-state index in [-0.39, 0.29) is 17.8 Å². The van der Waals surface area contributed by atoms with Gasteiger partial charge in [-0.15, -0.1) is 10.2 Å². The fraction of sp³-hybridized carbons (Fsp3) is 0.286. The molecule has 158 valence electrons. The molecule has 1 aromatic heterocycles. The molecule has 1 heterocycles. The van der Waals surface area contributed by atoms with Gasteiger partial charge in [-0.05, 0) is 37.1 Å². The average molecular weight is 465 g/mol. The van der Waals surface area contributed by atoms with E-state index in [1.807, 2.05) is 48.9 Å². The van der Waals surface area contributed by atoms with Gasteiger partial charge in [0.05, 0.1) is 10.8 Å². The molecule has 0 spiro atoms. The van der Waals surface area contributed by atoms with Crippen molar-refractivity contribution < 1.29 is 9.53 Å². The third-order valence-electron chi connectivity index (χ3n) is 4.34. The summed E-state index contributed by atoms with van der Waals surface area (Å²) in [6.45, 7) is 2.46. The number of carbonyl (C=O) groups is 1. The molecule has 30 heavy (non-hydrogen) atoms. The van der Waals surface area contributed by atoms with Crippen LogP contribution in [-0.2, 0) is 18.3 Å². The quantitative estimate of drug-likeness (QED) is 0.464. The normalized spacial score (nSPS) is 11.9. The lowest BCUT2D eigenvalue weighted by molar-refractivity contribution is -0.118. The van der Waals surface area contributed by atoms with Crippen molar-refractivity contribution in [3.8, 4) is 5.75 Å².